The number of rotatable bonds is 2. The van der Waals surface area contributed by atoms with Gasteiger partial charge in [0.1, 0.15) is 23.0 Å². The Bertz CT molecular complexity index is 1560. The molecule has 0 atom stereocenters. The van der Waals surface area contributed by atoms with Gasteiger partial charge in [-0.25, -0.2) is 0 Å². The lowest BCUT2D eigenvalue weighted by molar-refractivity contribution is 0.465. The summed E-state index contributed by atoms with van der Waals surface area (Å²) in [6.07, 6.45) is 4.26. The molecule has 3 heteroatoms. The fourth-order valence-electron chi connectivity index (χ4n) is 5.48. The van der Waals surface area contributed by atoms with Crippen LogP contribution in [0.3, 0.4) is 0 Å². The zero-order valence-electron chi connectivity index (χ0n) is 18.8. The molecule has 0 radical (unpaired) electrons. The Kier molecular flexibility index (Phi) is 4.19. The number of allylic oxidation sites excluding steroid dienone is 1. The SMILES string of the molecule is C/C=C/c1cccc2cccc(-c3cc4c5c(c3)Oc3ccccc3B5c3ccccc3O4)c12. The minimum absolute atomic E-state index is 0.0973. The predicted molar refractivity (Wildman–Crippen MR) is 142 cm³/mol. The van der Waals surface area contributed by atoms with E-state index in [0.29, 0.717) is 0 Å². The second-order valence-electron chi connectivity index (χ2n) is 8.85. The molecule has 5 aromatic carbocycles. The van der Waals surface area contributed by atoms with E-state index >= 15 is 0 Å². The lowest BCUT2D eigenvalue weighted by Crippen LogP contribution is -2.57. The van der Waals surface area contributed by atoms with Crippen molar-refractivity contribution in [3.63, 3.8) is 0 Å². The lowest BCUT2D eigenvalue weighted by Gasteiger charge is -2.33. The molecule has 2 heterocycles. The minimum atomic E-state index is 0.0973. The van der Waals surface area contributed by atoms with Gasteiger partial charge in [-0.3, -0.25) is 0 Å². The summed E-state index contributed by atoms with van der Waals surface area (Å²) in [4.78, 5) is 0. The first-order valence-corrected chi connectivity index (χ1v) is 11.7. The fourth-order valence-corrected chi connectivity index (χ4v) is 5.48. The molecule has 2 aliphatic heterocycles. The summed E-state index contributed by atoms with van der Waals surface area (Å²) < 4.78 is 13.0. The average molecular weight is 436 g/mol. The van der Waals surface area contributed by atoms with Crippen LogP contribution in [0.15, 0.2) is 103 Å². The predicted octanol–water partition coefficient (Wildman–Crippen LogP) is 6.27. The van der Waals surface area contributed by atoms with Gasteiger partial charge in [0.2, 0.25) is 0 Å². The fraction of sp³-hybridized carbons (Fsp3) is 0.0323. The van der Waals surface area contributed by atoms with Crippen molar-refractivity contribution < 1.29 is 9.47 Å². The van der Waals surface area contributed by atoms with Crippen molar-refractivity contribution in [2.24, 2.45) is 0 Å². The smallest absolute Gasteiger partial charge is 0.260 e. The zero-order valence-corrected chi connectivity index (χ0v) is 18.8. The van der Waals surface area contributed by atoms with Gasteiger partial charge in [0.05, 0.1) is 0 Å². The van der Waals surface area contributed by atoms with Crippen molar-refractivity contribution >= 4 is 39.9 Å². The van der Waals surface area contributed by atoms with Crippen molar-refractivity contribution in [2.75, 3.05) is 0 Å². The largest absolute Gasteiger partial charge is 0.458 e. The molecule has 0 fully saturated rings. The maximum absolute atomic E-state index is 6.50. The van der Waals surface area contributed by atoms with Crippen LogP contribution in [0.4, 0.5) is 0 Å². The molecule has 0 unspecified atom stereocenters. The third-order valence-corrected chi connectivity index (χ3v) is 6.89. The maximum Gasteiger partial charge on any atom is 0.260 e. The quantitative estimate of drug-likeness (QED) is 0.298. The van der Waals surface area contributed by atoms with E-state index in [1.165, 1.54) is 32.8 Å². The molecule has 2 aliphatic rings. The molecule has 160 valence electrons. The van der Waals surface area contributed by atoms with Gasteiger partial charge in [0.15, 0.2) is 0 Å². The van der Waals surface area contributed by atoms with Crippen molar-refractivity contribution in [1.29, 1.82) is 0 Å². The van der Waals surface area contributed by atoms with E-state index < -0.39 is 0 Å². The molecule has 0 amide bonds. The highest BCUT2D eigenvalue weighted by Crippen LogP contribution is 2.40. The zero-order chi connectivity index (χ0) is 22.6. The van der Waals surface area contributed by atoms with Gasteiger partial charge in [-0.15, -0.1) is 0 Å². The Morgan fingerprint density at radius 2 is 1.26 bits per heavy atom. The molecule has 7 rings (SSSR count). The van der Waals surface area contributed by atoms with Crippen molar-refractivity contribution in [3.8, 4) is 34.1 Å². The van der Waals surface area contributed by atoms with E-state index in [4.69, 9.17) is 9.47 Å². The Hall–Kier alpha value is -4.24. The number of hydrogen-bond donors (Lipinski definition) is 0. The second-order valence-corrected chi connectivity index (χ2v) is 8.85. The van der Waals surface area contributed by atoms with Gasteiger partial charge in [0.25, 0.3) is 6.71 Å². The summed E-state index contributed by atoms with van der Waals surface area (Å²) in [5.41, 5.74) is 6.94. The highest BCUT2D eigenvalue weighted by Gasteiger charge is 2.40. The second kappa shape index (κ2) is 7.39. The summed E-state index contributed by atoms with van der Waals surface area (Å²) in [6.45, 7) is 2.15. The van der Waals surface area contributed by atoms with Crippen LogP contribution in [0.1, 0.15) is 12.5 Å². The van der Waals surface area contributed by atoms with Crippen LogP contribution in [-0.2, 0) is 0 Å². The highest BCUT2D eigenvalue weighted by molar-refractivity contribution is 6.98. The summed E-state index contributed by atoms with van der Waals surface area (Å²) in [7, 11) is 0. The summed E-state index contributed by atoms with van der Waals surface area (Å²) in [6, 6.07) is 34.0. The molecule has 2 nitrogen and oxygen atoms in total. The van der Waals surface area contributed by atoms with E-state index in [0.717, 1.165) is 34.0 Å². The summed E-state index contributed by atoms with van der Waals surface area (Å²) in [5, 5.41) is 2.45. The van der Waals surface area contributed by atoms with Crippen molar-refractivity contribution in [2.45, 2.75) is 6.92 Å². The standard InChI is InChI=1S/C31H21BO2/c1-2-9-20-10-7-11-21-12-8-13-23(30(20)21)22-18-28-31-29(19-22)34-27-17-6-4-15-25(27)32(31)24-14-3-5-16-26(24)33-28/h2-19H,1H3/b9-2+. The first-order chi connectivity index (χ1) is 16.8. The van der Waals surface area contributed by atoms with Crippen LogP contribution < -0.4 is 25.9 Å². The van der Waals surface area contributed by atoms with E-state index in [2.05, 4.69) is 104 Å². The van der Waals surface area contributed by atoms with E-state index in [1.54, 1.807) is 0 Å². The minimum Gasteiger partial charge on any atom is -0.458 e. The maximum atomic E-state index is 6.50. The Balaban J connectivity index is 1.51. The van der Waals surface area contributed by atoms with Gasteiger partial charge >= 0.3 is 0 Å². The monoisotopic (exact) mass is 436 g/mol. The van der Waals surface area contributed by atoms with Crippen LogP contribution in [0, 0.1) is 0 Å². The molecule has 0 saturated carbocycles. The van der Waals surface area contributed by atoms with Crippen LogP contribution in [-0.4, -0.2) is 6.71 Å². The van der Waals surface area contributed by atoms with Crippen LogP contribution in [0.2, 0.25) is 0 Å². The first-order valence-electron chi connectivity index (χ1n) is 11.7. The van der Waals surface area contributed by atoms with Gasteiger partial charge in [-0.2, -0.15) is 0 Å². The molecule has 0 spiro atoms. The first kappa shape index (κ1) is 19.3. The van der Waals surface area contributed by atoms with Crippen LogP contribution in [0.25, 0.3) is 28.0 Å². The van der Waals surface area contributed by atoms with Gasteiger partial charge in [-0.1, -0.05) is 84.9 Å². The molecule has 34 heavy (non-hydrogen) atoms. The van der Waals surface area contributed by atoms with Gasteiger partial charge in [-0.05, 0) is 69.6 Å². The third kappa shape index (κ3) is 2.77. The Morgan fingerprint density at radius 1 is 0.647 bits per heavy atom. The van der Waals surface area contributed by atoms with E-state index in [1.807, 2.05) is 12.1 Å². The summed E-state index contributed by atoms with van der Waals surface area (Å²) in [5.74, 6) is 3.55. The number of benzene rings is 5. The molecule has 0 N–H and O–H groups in total. The van der Waals surface area contributed by atoms with Gasteiger partial charge in [0, 0.05) is 5.46 Å². The van der Waals surface area contributed by atoms with Crippen LogP contribution in [0.5, 0.6) is 23.0 Å². The normalized spacial score (nSPS) is 13.1. The van der Waals surface area contributed by atoms with Crippen molar-refractivity contribution in [1.82, 2.24) is 0 Å². The van der Waals surface area contributed by atoms with Crippen LogP contribution >= 0.6 is 0 Å². The third-order valence-electron chi connectivity index (χ3n) is 6.89. The van der Waals surface area contributed by atoms with Crippen molar-refractivity contribution in [3.05, 3.63) is 109 Å². The number of fused-ring (bicyclic) bond motifs is 5. The topological polar surface area (TPSA) is 18.5 Å². The number of para-hydroxylation sites is 2. The Morgan fingerprint density at radius 3 is 1.91 bits per heavy atom. The molecule has 0 aromatic heterocycles. The number of hydrogen-bond acceptors (Lipinski definition) is 2. The number of ether oxygens (including phenoxy) is 2. The molecule has 5 aromatic rings. The molecular formula is C31H21BO2. The Labute approximate surface area is 199 Å². The summed E-state index contributed by atoms with van der Waals surface area (Å²) >= 11 is 0. The lowest BCUT2D eigenvalue weighted by atomic mass is 9.35. The molecule has 0 aliphatic carbocycles. The molecule has 0 saturated heterocycles. The highest BCUT2D eigenvalue weighted by atomic mass is 16.5. The van der Waals surface area contributed by atoms with Gasteiger partial charge < -0.3 is 9.47 Å². The molecular weight excluding hydrogens is 415 g/mol. The van der Waals surface area contributed by atoms with E-state index in [9.17, 15) is 0 Å². The van der Waals surface area contributed by atoms with E-state index in [-0.39, 0.29) is 6.71 Å². The average Bonchev–Trinajstić information content (AvgIpc) is 2.88. The molecule has 0 bridgehead atoms.